The third-order valence-corrected chi connectivity index (χ3v) is 11.5. The van der Waals surface area contributed by atoms with Gasteiger partial charge < -0.3 is 14.2 Å². The maximum absolute atomic E-state index is 7.02. The Kier molecular flexibility index (Phi) is 1.68. The van der Waals surface area contributed by atoms with E-state index >= 15 is 0 Å². The van der Waals surface area contributed by atoms with E-state index in [2.05, 4.69) is 0 Å². The largest absolute Gasteiger partial charge is 0.374 e. The molecule has 0 radical (unpaired) electrons. The van der Waals surface area contributed by atoms with E-state index in [9.17, 15) is 0 Å². The van der Waals surface area contributed by atoms with E-state index in [1.54, 1.807) is 0 Å². The van der Waals surface area contributed by atoms with E-state index in [0.29, 0.717) is 18.3 Å². The summed E-state index contributed by atoms with van der Waals surface area (Å²) in [4.78, 5) is 0. The summed E-state index contributed by atoms with van der Waals surface area (Å²) in [6.07, 6.45) is 7.15. The van der Waals surface area contributed by atoms with Crippen LogP contribution in [-0.4, -0.2) is 31.7 Å². The molecule has 0 unspecified atom stereocenters. The summed E-state index contributed by atoms with van der Waals surface area (Å²) < 4.78 is 20.0. The second-order valence-electron chi connectivity index (χ2n) is 10.9. The summed E-state index contributed by atoms with van der Waals surface area (Å²) in [5.74, 6) is 10.5. The lowest BCUT2D eigenvalue weighted by Gasteiger charge is -2.60. The molecule has 0 aromatic rings. The number of ether oxygens (including phenoxy) is 3. The minimum absolute atomic E-state index is 0.0330. The van der Waals surface area contributed by atoms with Crippen LogP contribution in [0, 0.1) is 70.5 Å². The van der Waals surface area contributed by atoms with Gasteiger partial charge in [0.25, 0.3) is 0 Å². The summed E-state index contributed by atoms with van der Waals surface area (Å²) in [5, 5.41) is 0. The standard InChI is InChI=1S/C21H26O3/c1-22-20-21-17-7-3-5-8-10(7)13-15(17)14-12(16(13)19(21)23-8)6-2-4-9(24-20)11(6)18(14)21/h6-20H,2-5H2,1H3/t6-,7+,8-,9+,10-,11-,12+,13-,14-,15+,16-,17-,18+,19-,20+,21-/m0/s1. The molecule has 0 amide bonds. The predicted octanol–water partition coefficient (Wildman–Crippen LogP) is 2.55. The lowest BCUT2D eigenvalue weighted by molar-refractivity contribution is -0.336. The van der Waals surface area contributed by atoms with Crippen molar-refractivity contribution in [1.82, 2.24) is 0 Å². The first kappa shape index (κ1) is 12.3. The van der Waals surface area contributed by atoms with E-state index in [-0.39, 0.29) is 11.7 Å². The van der Waals surface area contributed by atoms with Crippen molar-refractivity contribution in [3.8, 4) is 0 Å². The summed E-state index contributed by atoms with van der Waals surface area (Å²) in [6.45, 7) is 0. The molecular formula is C21H26O3. The zero-order valence-corrected chi connectivity index (χ0v) is 14.2. The Morgan fingerprint density at radius 1 is 0.708 bits per heavy atom. The fourth-order valence-electron chi connectivity index (χ4n) is 12.2. The minimum Gasteiger partial charge on any atom is -0.374 e. The summed E-state index contributed by atoms with van der Waals surface area (Å²) in [5.41, 5.74) is 0.247. The number of hydrogen-bond donors (Lipinski definition) is 0. The van der Waals surface area contributed by atoms with Gasteiger partial charge in [0.1, 0.15) is 0 Å². The van der Waals surface area contributed by atoms with Crippen molar-refractivity contribution in [2.75, 3.05) is 7.11 Å². The van der Waals surface area contributed by atoms with Gasteiger partial charge in [-0.15, -0.1) is 0 Å². The number of methoxy groups -OCH3 is 1. The molecule has 0 N–H and O–H groups in total. The highest BCUT2D eigenvalue weighted by molar-refractivity contribution is 5.38. The monoisotopic (exact) mass is 326 g/mol. The smallest absolute Gasteiger partial charge is 0.166 e. The van der Waals surface area contributed by atoms with Crippen LogP contribution in [0.2, 0.25) is 0 Å². The van der Waals surface area contributed by atoms with Gasteiger partial charge in [0.2, 0.25) is 0 Å². The average molecular weight is 326 g/mol. The normalized spacial score (nSPS) is 82.1. The zero-order chi connectivity index (χ0) is 15.1. The Bertz CT molecular complexity index is 693. The number of hydrogen-bond acceptors (Lipinski definition) is 3. The Morgan fingerprint density at radius 2 is 1.50 bits per heavy atom. The van der Waals surface area contributed by atoms with Gasteiger partial charge in [-0.2, -0.15) is 0 Å². The molecule has 8 aliphatic carbocycles. The van der Waals surface area contributed by atoms with Gasteiger partial charge in [0.15, 0.2) is 6.29 Å². The van der Waals surface area contributed by atoms with Crippen LogP contribution in [-0.2, 0) is 14.2 Å². The van der Waals surface area contributed by atoms with Gasteiger partial charge in [-0.05, 0) is 90.8 Å². The van der Waals surface area contributed by atoms with E-state index in [1.807, 2.05) is 7.11 Å². The fraction of sp³-hybridized carbons (Fsp3) is 1.00. The van der Waals surface area contributed by atoms with Crippen molar-refractivity contribution in [3.63, 3.8) is 0 Å². The second kappa shape index (κ2) is 3.27. The van der Waals surface area contributed by atoms with Gasteiger partial charge in [-0.1, -0.05) is 0 Å². The first-order chi connectivity index (χ1) is 11.9. The van der Waals surface area contributed by atoms with Crippen LogP contribution in [0.5, 0.6) is 0 Å². The minimum atomic E-state index is 0.0330. The van der Waals surface area contributed by atoms with Crippen molar-refractivity contribution >= 4 is 0 Å². The average Bonchev–Trinajstić information content (AvgIpc) is 3.33. The molecular weight excluding hydrogens is 300 g/mol. The van der Waals surface area contributed by atoms with Crippen molar-refractivity contribution in [3.05, 3.63) is 0 Å². The van der Waals surface area contributed by atoms with Crippen LogP contribution in [0.3, 0.4) is 0 Å². The van der Waals surface area contributed by atoms with Gasteiger partial charge in [-0.3, -0.25) is 0 Å². The van der Waals surface area contributed by atoms with Gasteiger partial charge in [0.05, 0.1) is 23.7 Å². The van der Waals surface area contributed by atoms with Crippen LogP contribution >= 0.6 is 0 Å². The predicted molar refractivity (Wildman–Crippen MR) is 83.6 cm³/mol. The van der Waals surface area contributed by atoms with Crippen molar-refractivity contribution < 1.29 is 14.2 Å². The van der Waals surface area contributed by atoms with Crippen LogP contribution in [0.1, 0.15) is 25.7 Å². The number of rotatable bonds is 1. The first-order valence-corrected chi connectivity index (χ1v) is 10.7. The molecule has 0 aromatic carbocycles. The molecule has 1 spiro atoms. The van der Waals surface area contributed by atoms with Crippen molar-refractivity contribution in [2.24, 2.45) is 70.5 Å². The Hall–Kier alpha value is -0.120. The van der Waals surface area contributed by atoms with E-state index in [0.717, 1.165) is 65.1 Å². The highest BCUT2D eigenvalue weighted by atomic mass is 16.7. The lowest BCUT2D eigenvalue weighted by atomic mass is 9.53. The maximum Gasteiger partial charge on any atom is 0.166 e. The molecule has 10 rings (SSSR count). The van der Waals surface area contributed by atoms with Gasteiger partial charge in [0, 0.05) is 7.11 Å². The Balaban J connectivity index is 1.41. The molecule has 16 atom stereocenters. The maximum atomic E-state index is 7.02. The van der Waals surface area contributed by atoms with E-state index in [1.165, 1.54) is 25.7 Å². The molecule has 9 bridgehead atoms. The Morgan fingerprint density at radius 3 is 2.38 bits per heavy atom. The van der Waals surface area contributed by atoms with E-state index in [4.69, 9.17) is 14.2 Å². The topological polar surface area (TPSA) is 27.7 Å². The first-order valence-electron chi connectivity index (χ1n) is 10.7. The molecule has 3 nitrogen and oxygen atoms in total. The Labute approximate surface area is 142 Å². The molecule has 10 fully saturated rings. The molecule has 128 valence electrons. The van der Waals surface area contributed by atoms with Crippen LogP contribution in [0.25, 0.3) is 0 Å². The van der Waals surface area contributed by atoms with Crippen LogP contribution < -0.4 is 0 Å². The van der Waals surface area contributed by atoms with Crippen LogP contribution in [0.4, 0.5) is 0 Å². The molecule has 2 saturated heterocycles. The highest BCUT2D eigenvalue weighted by Crippen LogP contribution is 2.91. The van der Waals surface area contributed by atoms with Crippen molar-refractivity contribution in [2.45, 2.75) is 50.3 Å². The molecule has 10 aliphatic rings. The molecule has 3 heteroatoms. The van der Waals surface area contributed by atoms with Crippen molar-refractivity contribution in [1.29, 1.82) is 0 Å². The second-order valence-corrected chi connectivity index (χ2v) is 10.9. The summed E-state index contributed by atoms with van der Waals surface area (Å²) >= 11 is 0. The third-order valence-electron chi connectivity index (χ3n) is 11.5. The van der Waals surface area contributed by atoms with Gasteiger partial charge >= 0.3 is 0 Å². The van der Waals surface area contributed by atoms with Crippen LogP contribution in [0.15, 0.2) is 0 Å². The highest BCUT2D eigenvalue weighted by Gasteiger charge is 2.92. The van der Waals surface area contributed by atoms with Gasteiger partial charge in [-0.25, -0.2) is 0 Å². The molecule has 2 aliphatic heterocycles. The molecule has 2 heterocycles. The molecule has 0 aromatic heterocycles. The quantitative estimate of drug-likeness (QED) is 0.741. The molecule has 8 saturated carbocycles. The SMILES string of the molecule is CO[C@@H]1O[C@@H]2CC[C@@H]3[C@@H]4[C@H]5[C@H]6[C@H]7[C@H]4[C@@H]4O[C@H]8CC[C@H]([C@H]78)[C@@H]6[C@@]14[C@@H]5[C@@H]32. The fourth-order valence-corrected chi connectivity index (χ4v) is 12.2. The lowest BCUT2D eigenvalue weighted by Crippen LogP contribution is -2.66. The zero-order valence-electron chi connectivity index (χ0n) is 14.2. The van der Waals surface area contributed by atoms with E-state index < -0.39 is 0 Å². The summed E-state index contributed by atoms with van der Waals surface area (Å²) in [6, 6.07) is 0. The third kappa shape index (κ3) is 0.820. The summed E-state index contributed by atoms with van der Waals surface area (Å²) in [7, 11) is 1.92. The molecule has 24 heavy (non-hydrogen) atoms.